The van der Waals surface area contributed by atoms with Gasteiger partial charge in [-0.2, -0.15) is 8.42 Å². The molecule has 32 heavy (non-hydrogen) atoms. The fourth-order valence-electron chi connectivity index (χ4n) is 2.82. The smallest absolute Gasteiger partial charge is 0.279 e. The maximum Gasteiger partial charge on any atom is 0.279 e. The van der Waals surface area contributed by atoms with Crippen molar-refractivity contribution in [3.05, 3.63) is 77.4 Å². The quantitative estimate of drug-likeness (QED) is 0.324. The van der Waals surface area contributed by atoms with Crippen LogP contribution in [0, 0.1) is 0 Å². The number of pyridine rings is 1. The molecule has 0 fully saturated rings. The molecule has 3 N–H and O–H groups in total. The van der Waals surface area contributed by atoms with Crippen molar-refractivity contribution in [3.8, 4) is 0 Å². The third kappa shape index (κ3) is 5.34. The number of rotatable bonds is 8. The Hall–Kier alpha value is -3.21. The highest BCUT2D eigenvalue weighted by Crippen LogP contribution is 2.28. The zero-order chi connectivity index (χ0) is 22.6. The minimum absolute atomic E-state index is 0.0782. The van der Waals surface area contributed by atoms with Crippen molar-refractivity contribution < 1.29 is 13.2 Å². The molecule has 0 spiro atoms. The van der Waals surface area contributed by atoms with E-state index in [2.05, 4.69) is 25.3 Å². The number of carbonyl (C=O) groups excluding carboxylic acids is 1. The highest BCUT2D eigenvalue weighted by molar-refractivity contribution is 7.92. The number of hydrogen-bond donors (Lipinski definition) is 3. The van der Waals surface area contributed by atoms with Gasteiger partial charge in [-0.05, 0) is 54.6 Å². The van der Waals surface area contributed by atoms with Gasteiger partial charge in [-0.25, -0.2) is 9.97 Å². The highest BCUT2D eigenvalue weighted by Gasteiger charge is 2.15. The molecule has 0 atom stereocenters. The summed E-state index contributed by atoms with van der Waals surface area (Å²) in [6.45, 7) is 0.894. The van der Waals surface area contributed by atoms with Gasteiger partial charge >= 0.3 is 0 Å². The van der Waals surface area contributed by atoms with Crippen molar-refractivity contribution in [1.29, 1.82) is 0 Å². The Labute approximate surface area is 193 Å². The summed E-state index contributed by atoms with van der Waals surface area (Å²) in [5.74, 6) is -0.262. The summed E-state index contributed by atoms with van der Waals surface area (Å²) in [7, 11) is -3.78. The van der Waals surface area contributed by atoms with Gasteiger partial charge < -0.3 is 10.6 Å². The number of anilines is 2. The van der Waals surface area contributed by atoms with Crippen molar-refractivity contribution in [2.75, 3.05) is 23.1 Å². The van der Waals surface area contributed by atoms with Crippen molar-refractivity contribution in [3.63, 3.8) is 0 Å². The monoisotopic (exact) mass is 487 g/mol. The standard InChI is InChI=1S/C21H18ClN5O3S2/c22-15-6-9-17-18(13-15)31-21(26-17)25-12-11-24-20(28)14-4-7-16(8-5-14)27-32(29,30)19-3-1-2-10-23-19/h1-10,13,27H,11-12H2,(H,24,28)(H,25,26). The molecule has 2 aromatic carbocycles. The van der Waals surface area contributed by atoms with Crippen molar-refractivity contribution >= 4 is 59.9 Å². The molecule has 0 aliphatic rings. The average molecular weight is 488 g/mol. The first-order valence-electron chi connectivity index (χ1n) is 9.53. The zero-order valence-electron chi connectivity index (χ0n) is 16.6. The van der Waals surface area contributed by atoms with Crippen LogP contribution >= 0.6 is 22.9 Å². The summed E-state index contributed by atoms with van der Waals surface area (Å²) in [5, 5.41) is 7.32. The molecule has 2 aromatic heterocycles. The largest absolute Gasteiger partial charge is 0.360 e. The molecule has 0 saturated carbocycles. The molecule has 0 radical (unpaired) electrons. The van der Waals surface area contributed by atoms with Crippen molar-refractivity contribution in [1.82, 2.24) is 15.3 Å². The molecule has 0 aliphatic carbocycles. The third-order valence-electron chi connectivity index (χ3n) is 4.35. The van der Waals surface area contributed by atoms with Crippen LogP contribution < -0.4 is 15.4 Å². The van der Waals surface area contributed by atoms with Gasteiger partial charge in [0, 0.05) is 35.6 Å². The van der Waals surface area contributed by atoms with Gasteiger partial charge in [0.15, 0.2) is 10.2 Å². The number of carbonyl (C=O) groups is 1. The average Bonchev–Trinajstić information content (AvgIpc) is 3.19. The number of sulfonamides is 1. The van der Waals surface area contributed by atoms with Gasteiger partial charge in [0.05, 0.1) is 10.2 Å². The lowest BCUT2D eigenvalue weighted by Gasteiger charge is -2.09. The lowest BCUT2D eigenvalue weighted by atomic mass is 10.2. The molecule has 0 saturated heterocycles. The van der Waals surface area contributed by atoms with Gasteiger partial charge in [-0.1, -0.05) is 29.0 Å². The number of halogens is 1. The van der Waals surface area contributed by atoms with Gasteiger partial charge in [0.25, 0.3) is 15.9 Å². The van der Waals surface area contributed by atoms with E-state index in [0.29, 0.717) is 29.4 Å². The lowest BCUT2D eigenvalue weighted by Crippen LogP contribution is -2.28. The Morgan fingerprint density at radius 3 is 2.59 bits per heavy atom. The van der Waals surface area contributed by atoms with Crippen molar-refractivity contribution in [2.45, 2.75) is 5.03 Å². The van der Waals surface area contributed by atoms with Crippen LogP contribution in [-0.2, 0) is 10.0 Å². The maximum atomic E-state index is 12.3. The second-order valence-electron chi connectivity index (χ2n) is 6.66. The van der Waals surface area contributed by atoms with Crippen LogP contribution in [0.4, 0.5) is 10.8 Å². The Bertz CT molecular complexity index is 1340. The number of nitrogens with zero attached hydrogens (tertiary/aromatic N) is 2. The van der Waals surface area contributed by atoms with Gasteiger partial charge in [0.1, 0.15) is 0 Å². The molecule has 0 bridgehead atoms. The Kier molecular flexibility index (Phi) is 6.54. The number of thiazole rings is 1. The van der Waals surface area contributed by atoms with Crippen LogP contribution in [0.15, 0.2) is 71.9 Å². The summed E-state index contributed by atoms with van der Waals surface area (Å²) < 4.78 is 28.1. The van der Waals surface area contributed by atoms with E-state index < -0.39 is 10.0 Å². The summed E-state index contributed by atoms with van der Waals surface area (Å²) in [5.41, 5.74) is 1.62. The first-order valence-corrected chi connectivity index (χ1v) is 12.2. The third-order valence-corrected chi connectivity index (χ3v) is 6.86. The second-order valence-corrected chi connectivity index (χ2v) is 9.76. The number of nitrogens with one attached hydrogen (secondary N) is 3. The molecule has 8 nitrogen and oxygen atoms in total. The summed E-state index contributed by atoms with van der Waals surface area (Å²) in [4.78, 5) is 20.6. The topological polar surface area (TPSA) is 113 Å². The van der Waals surface area contributed by atoms with E-state index in [1.165, 1.54) is 35.7 Å². The van der Waals surface area contributed by atoms with E-state index in [4.69, 9.17) is 11.6 Å². The van der Waals surface area contributed by atoms with E-state index in [0.717, 1.165) is 15.3 Å². The fraction of sp³-hybridized carbons (Fsp3) is 0.0952. The van der Waals surface area contributed by atoms with E-state index >= 15 is 0 Å². The highest BCUT2D eigenvalue weighted by atomic mass is 35.5. The summed E-state index contributed by atoms with van der Waals surface area (Å²) in [6, 6.07) is 16.3. The summed E-state index contributed by atoms with van der Waals surface area (Å²) in [6.07, 6.45) is 1.41. The molecule has 0 aliphatic heterocycles. The first kappa shape index (κ1) is 22.0. The van der Waals surface area contributed by atoms with E-state index in [1.54, 1.807) is 30.3 Å². The molecular formula is C21H18ClN5O3S2. The summed E-state index contributed by atoms with van der Waals surface area (Å²) >= 11 is 7.48. The molecule has 4 rings (SSSR count). The number of benzene rings is 2. The number of aromatic nitrogens is 2. The van der Waals surface area contributed by atoms with E-state index in [-0.39, 0.29) is 10.9 Å². The molecule has 0 unspecified atom stereocenters. The SMILES string of the molecule is O=C(NCCNc1nc2ccc(Cl)cc2s1)c1ccc(NS(=O)(=O)c2ccccn2)cc1. The van der Waals surface area contributed by atoms with Crippen molar-refractivity contribution in [2.24, 2.45) is 0 Å². The van der Waals surface area contributed by atoms with E-state index in [9.17, 15) is 13.2 Å². The predicted molar refractivity (Wildman–Crippen MR) is 127 cm³/mol. The van der Waals surface area contributed by atoms with Crippen LogP contribution in [0.3, 0.4) is 0 Å². The van der Waals surface area contributed by atoms with E-state index in [1.807, 2.05) is 12.1 Å². The first-order chi connectivity index (χ1) is 15.4. The molecular weight excluding hydrogens is 470 g/mol. The molecule has 4 aromatic rings. The number of fused-ring (bicyclic) bond motifs is 1. The molecule has 164 valence electrons. The fourth-order valence-corrected chi connectivity index (χ4v) is 5.00. The maximum absolute atomic E-state index is 12.3. The van der Waals surface area contributed by atoms with Crippen LogP contribution in [0.1, 0.15) is 10.4 Å². The number of hydrogen-bond acceptors (Lipinski definition) is 7. The van der Waals surface area contributed by atoms with Gasteiger partial charge in [0.2, 0.25) is 0 Å². The number of amides is 1. The Morgan fingerprint density at radius 2 is 1.84 bits per heavy atom. The van der Waals surface area contributed by atoms with Gasteiger partial charge in [-0.3, -0.25) is 9.52 Å². The minimum atomic E-state index is -3.78. The van der Waals surface area contributed by atoms with Crippen LogP contribution in [0.2, 0.25) is 5.02 Å². The normalized spacial score (nSPS) is 11.3. The second kappa shape index (κ2) is 9.51. The van der Waals surface area contributed by atoms with Crippen LogP contribution in [0.5, 0.6) is 0 Å². The lowest BCUT2D eigenvalue weighted by molar-refractivity contribution is 0.0955. The predicted octanol–water partition coefficient (Wildman–Crippen LogP) is 3.99. The zero-order valence-corrected chi connectivity index (χ0v) is 19.0. The Balaban J connectivity index is 1.28. The molecule has 11 heteroatoms. The van der Waals surface area contributed by atoms with Gasteiger partial charge in [-0.15, -0.1) is 0 Å². The minimum Gasteiger partial charge on any atom is -0.360 e. The Morgan fingerprint density at radius 1 is 1.03 bits per heavy atom. The van der Waals surface area contributed by atoms with Crippen LogP contribution in [-0.4, -0.2) is 37.4 Å². The van der Waals surface area contributed by atoms with Crippen LogP contribution in [0.25, 0.3) is 10.2 Å². The molecule has 2 heterocycles. The molecule has 1 amide bonds.